The predicted octanol–water partition coefficient (Wildman–Crippen LogP) is 3.79. The smallest absolute Gasteiger partial charge is 0.248 e. The summed E-state index contributed by atoms with van der Waals surface area (Å²) in [5, 5.41) is 0. The minimum Gasteiger partial charge on any atom is -0.366 e. The third kappa shape index (κ3) is 4.22. The van der Waals surface area contributed by atoms with Crippen LogP contribution in [0.4, 0.5) is 0 Å². The van der Waals surface area contributed by atoms with Gasteiger partial charge in [-0.1, -0.05) is 31.4 Å². The average Bonchev–Trinajstić information content (AvgIpc) is 2.93. The number of nitrogens with two attached hydrogens (primary N) is 2. The maximum absolute atomic E-state index is 11.5. The van der Waals surface area contributed by atoms with E-state index in [9.17, 15) is 4.79 Å². The number of nitrogens with zero attached hydrogens (tertiary/aromatic N) is 1. The predicted molar refractivity (Wildman–Crippen MR) is 110 cm³/mol. The van der Waals surface area contributed by atoms with Gasteiger partial charge in [-0.2, -0.15) is 0 Å². The number of hydrogen-bond acceptors (Lipinski definition) is 3. The minimum atomic E-state index is -0.325. The van der Waals surface area contributed by atoms with Gasteiger partial charge < -0.3 is 11.5 Å². The van der Waals surface area contributed by atoms with Crippen LogP contribution < -0.4 is 11.5 Å². The molecule has 27 heavy (non-hydrogen) atoms. The monoisotopic (exact) mass is 369 g/mol. The van der Waals surface area contributed by atoms with Crippen LogP contribution >= 0.6 is 0 Å². The third-order valence-electron chi connectivity index (χ3n) is 7.50. The van der Waals surface area contributed by atoms with Crippen molar-refractivity contribution < 1.29 is 4.79 Å². The highest BCUT2D eigenvalue weighted by atomic mass is 16.1. The molecule has 3 aliphatic rings. The van der Waals surface area contributed by atoms with E-state index in [4.69, 9.17) is 11.5 Å². The first-order valence-electron chi connectivity index (χ1n) is 11.0. The van der Waals surface area contributed by atoms with E-state index in [2.05, 4.69) is 11.0 Å². The molecule has 2 aliphatic heterocycles. The molecular weight excluding hydrogens is 334 g/mol. The van der Waals surface area contributed by atoms with Crippen molar-refractivity contribution >= 4 is 5.91 Å². The topological polar surface area (TPSA) is 72.4 Å². The van der Waals surface area contributed by atoms with Crippen molar-refractivity contribution in [2.75, 3.05) is 6.54 Å². The van der Waals surface area contributed by atoms with E-state index < -0.39 is 0 Å². The molecule has 3 atom stereocenters. The molecule has 1 aliphatic carbocycles. The summed E-state index contributed by atoms with van der Waals surface area (Å²) in [6, 6.07) is 9.74. The first-order chi connectivity index (χ1) is 13.1. The zero-order valence-corrected chi connectivity index (χ0v) is 16.5. The van der Waals surface area contributed by atoms with Crippen molar-refractivity contribution in [1.82, 2.24) is 4.90 Å². The molecule has 4 N–H and O–H groups in total. The number of benzene rings is 1. The Bertz CT molecular complexity index is 641. The van der Waals surface area contributed by atoms with E-state index >= 15 is 0 Å². The lowest BCUT2D eigenvalue weighted by Gasteiger charge is -2.40. The van der Waals surface area contributed by atoms with Gasteiger partial charge in [-0.3, -0.25) is 9.69 Å². The lowest BCUT2D eigenvalue weighted by Crippen LogP contribution is -2.45. The van der Waals surface area contributed by atoms with Crippen molar-refractivity contribution in [2.45, 2.75) is 88.3 Å². The maximum atomic E-state index is 11.5. The Labute approximate surface area is 163 Å². The Hall–Kier alpha value is -1.39. The fraction of sp³-hybridized carbons (Fsp3) is 0.696. The largest absolute Gasteiger partial charge is 0.366 e. The molecule has 3 fully saturated rings. The van der Waals surface area contributed by atoms with Gasteiger partial charge in [0.15, 0.2) is 0 Å². The van der Waals surface area contributed by atoms with Crippen LogP contribution in [0.2, 0.25) is 0 Å². The summed E-state index contributed by atoms with van der Waals surface area (Å²) in [7, 11) is 0. The molecule has 4 heteroatoms. The van der Waals surface area contributed by atoms with Gasteiger partial charge >= 0.3 is 0 Å². The second-order valence-electron chi connectivity index (χ2n) is 9.13. The van der Waals surface area contributed by atoms with Crippen LogP contribution in [0.3, 0.4) is 0 Å². The SMILES string of the molecule is NC(=O)c1cccc(C2CC3CCC(C2)N3CCC(N)C2CCCCC2)c1. The number of fused-ring (bicyclic) bond motifs is 2. The molecule has 0 radical (unpaired) electrons. The van der Waals surface area contributed by atoms with Crippen LogP contribution in [-0.2, 0) is 0 Å². The van der Waals surface area contributed by atoms with E-state index in [1.165, 1.54) is 69.9 Å². The number of rotatable bonds is 6. The van der Waals surface area contributed by atoms with E-state index in [0.29, 0.717) is 29.6 Å². The van der Waals surface area contributed by atoms with E-state index in [1.54, 1.807) is 0 Å². The Kier molecular flexibility index (Phi) is 5.84. The van der Waals surface area contributed by atoms with Crippen LogP contribution in [0.1, 0.15) is 86.0 Å². The Morgan fingerprint density at radius 3 is 2.44 bits per heavy atom. The highest BCUT2D eigenvalue weighted by Crippen LogP contribution is 2.43. The third-order valence-corrected chi connectivity index (χ3v) is 7.50. The quantitative estimate of drug-likeness (QED) is 0.801. The van der Waals surface area contributed by atoms with Crippen molar-refractivity contribution in [1.29, 1.82) is 0 Å². The molecule has 0 aromatic heterocycles. The van der Waals surface area contributed by atoms with Crippen molar-refractivity contribution in [3.8, 4) is 0 Å². The van der Waals surface area contributed by atoms with Crippen LogP contribution in [0.5, 0.6) is 0 Å². The molecule has 1 saturated carbocycles. The second-order valence-corrected chi connectivity index (χ2v) is 9.13. The molecule has 1 aromatic rings. The summed E-state index contributed by atoms with van der Waals surface area (Å²) >= 11 is 0. The molecule has 0 spiro atoms. The number of piperidine rings is 1. The normalized spacial score (nSPS) is 30.3. The summed E-state index contributed by atoms with van der Waals surface area (Å²) in [5.41, 5.74) is 14.0. The summed E-state index contributed by atoms with van der Waals surface area (Å²) < 4.78 is 0. The molecule has 148 valence electrons. The van der Waals surface area contributed by atoms with Crippen molar-refractivity contribution in [2.24, 2.45) is 17.4 Å². The van der Waals surface area contributed by atoms with Gasteiger partial charge in [0.05, 0.1) is 0 Å². The first-order valence-corrected chi connectivity index (χ1v) is 11.0. The zero-order chi connectivity index (χ0) is 18.8. The fourth-order valence-electron chi connectivity index (χ4n) is 5.95. The highest BCUT2D eigenvalue weighted by molar-refractivity contribution is 5.92. The van der Waals surface area contributed by atoms with Gasteiger partial charge in [0, 0.05) is 30.2 Å². The first kappa shape index (κ1) is 18.9. The molecule has 2 heterocycles. The number of carbonyl (C=O) groups excluding carboxylic acids is 1. The van der Waals surface area contributed by atoms with Gasteiger partial charge in [-0.05, 0) is 74.5 Å². The number of primary amides is 1. The van der Waals surface area contributed by atoms with E-state index in [1.807, 2.05) is 18.2 Å². The Balaban J connectivity index is 1.35. The van der Waals surface area contributed by atoms with Gasteiger partial charge in [0.2, 0.25) is 5.91 Å². The van der Waals surface area contributed by atoms with Crippen LogP contribution in [0.15, 0.2) is 24.3 Å². The lowest BCUT2D eigenvalue weighted by molar-refractivity contribution is 0.1000. The summed E-state index contributed by atoms with van der Waals surface area (Å²) in [4.78, 5) is 14.3. The van der Waals surface area contributed by atoms with Crippen LogP contribution in [0.25, 0.3) is 0 Å². The fourth-order valence-corrected chi connectivity index (χ4v) is 5.95. The zero-order valence-electron chi connectivity index (χ0n) is 16.5. The van der Waals surface area contributed by atoms with Crippen molar-refractivity contribution in [3.05, 3.63) is 35.4 Å². The number of hydrogen-bond donors (Lipinski definition) is 2. The highest BCUT2D eigenvalue weighted by Gasteiger charge is 2.41. The molecule has 4 rings (SSSR count). The Morgan fingerprint density at radius 2 is 1.78 bits per heavy atom. The van der Waals surface area contributed by atoms with Gasteiger partial charge in [-0.25, -0.2) is 0 Å². The Morgan fingerprint density at radius 1 is 1.07 bits per heavy atom. The molecule has 2 bridgehead atoms. The molecule has 1 amide bonds. The summed E-state index contributed by atoms with van der Waals surface area (Å²) in [6.45, 7) is 1.17. The standard InChI is InChI=1S/C23H35N3O/c24-22(16-5-2-1-3-6-16)11-12-26-20-9-10-21(26)15-19(14-20)17-7-4-8-18(13-17)23(25)27/h4,7-8,13,16,19-22H,1-3,5-6,9-12,14-15,24H2,(H2,25,27). The van der Waals surface area contributed by atoms with Crippen LogP contribution in [0, 0.1) is 5.92 Å². The average molecular weight is 370 g/mol. The van der Waals surface area contributed by atoms with Gasteiger partial charge in [0.1, 0.15) is 0 Å². The number of carbonyl (C=O) groups is 1. The van der Waals surface area contributed by atoms with Gasteiger partial charge in [0.25, 0.3) is 0 Å². The molecular formula is C23H35N3O. The van der Waals surface area contributed by atoms with Crippen molar-refractivity contribution in [3.63, 3.8) is 0 Å². The molecule has 3 unspecified atom stereocenters. The maximum Gasteiger partial charge on any atom is 0.248 e. The van der Waals surface area contributed by atoms with E-state index in [-0.39, 0.29) is 5.91 Å². The molecule has 2 saturated heterocycles. The molecule has 1 aromatic carbocycles. The second kappa shape index (κ2) is 8.32. The number of amides is 1. The van der Waals surface area contributed by atoms with Gasteiger partial charge in [-0.15, -0.1) is 0 Å². The molecule has 4 nitrogen and oxygen atoms in total. The summed E-state index contributed by atoms with van der Waals surface area (Å²) in [6.07, 6.45) is 13.0. The van der Waals surface area contributed by atoms with Crippen LogP contribution in [-0.4, -0.2) is 35.5 Å². The van der Waals surface area contributed by atoms with E-state index in [0.717, 1.165) is 12.3 Å². The minimum absolute atomic E-state index is 0.325. The lowest BCUT2D eigenvalue weighted by atomic mass is 9.82. The summed E-state index contributed by atoms with van der Waals surface area (Å²) in [5.74, 6) is 0.990.